The zero-order valence-electron chi connectivity index (χ0n) is 10.1. The van der Waals surface area contributed by atoms with Crippen molar-refractivity contribution >= 4 is 17.4 Å². The van der Waals surface area contributed by atoms with Gasteiger partial charge >= 0.3 is 0 Å². The summed E-state index contributed by atoms with van der Waals surface area (Å²) in [6, 6.07) is 4.18. The molecule has 1 heterocycles. The van der Waals surface area contributed by atoms with Crippen molar-refractivity contribution in [3.63, 3.8) is 0 Å². The van der Waals surface area contributed by atoms with Crippen molar-refractivity contribution in [3.05, 3.63) is 18.3 Å². The van der Waals surface area contributed by atoms with Crippen LogP contribution < -0.4 is 9.64 Å². The van der Waals surface area contributed by atoms with Gasteiger partial charge in [-0.25, -0.2) is 4.98 Å². The van der Waals surface area contributed by atoms with Gasteiger partial charge in [-0.05, 0) is 32.9 Å². The highest BCUT2D eigenvalue weighted by atomic mass is 35.5. The first kappa shape index (κ1) is 13.1. The molecule has 1 aromatic heterocycles. The highest BCUT2D eigenvalue weighted by molar-refractivity contribution is 6.18. The Morgan fingerprint density at radius 2 is 2.25 bits per heavy atom. The second-order valence-corrected chi connectivity index (χ2v) is 4.11. The lowest BCUT2D eigenvalue weighted by atomic mass is 10.3. The summed E-state index contributed by atoms with van der Waals surface area (Å²) in [7, 11) is 0. The van der Waals surface area contributed by atoms with Crippen LogP contribution in [0.1, 0.15) is 20.8 Å². The van der Waals surface area contributed by atoms with E-state index in [0.717, 1.165) is 18.1 Å². The van der Waals surface area contributed by atoms with Gasteiger partial charge in [-0.3, -0.25) is 0 Å². The Balaban J connectivity index is 2.97. The van der Waals surface area contributed by atoms with Crippen molar-refractivity contribution in [1.82, 2.24) is 4.98 Å². The maximum atomic E-state index is 5.81. The highest BCUT2D eigenvalue weighted by Crippen LogP contribution is 2.26. The molecular weight excluding hydrogens is 224 g/mol. The van der Waals surface area contributed by atoms with Crippen LogP contribution in [0.5, 0.6) is 5.75 Å². The Kier molecular flexibility index (Phi) is 5.39. The maximum Gasteiger partial charge on any atom is 0.171 e. The van der Waals surface area contributed by atoms with Crippen LogP contribution in [0.3, 0.4) is 0 Å². The Labute approximate surface area is 102 Å². The fraction of sp³-hybridized carbons (Fsp3) is 0.583. The van der Waals surface area contributed by atoms with Crippen LogP contribution in [-0.2, 0) is 0 Å². The van der Waals surface area contributed by atoms with Gasteiger partial charge in [0.2, 0.25) is 0 Å². The van der Waals surface area contributed by atoms with Crippen molar-refractivity contribution in [2.45, 2.75) is 26.8 Å². The van der Waals surface area contributed by atoms with Gasteiger partial charge in [-0.1, -0.05) is 0 Å². The molecule has 0 spiro atoms. The van der Waals surface area contributed by atoms with E-state index >= 15 is 0 Å². The zero-order valence-corrected chi connectivity index (χ0v) is 10.9. The molecular formula is C12H19ClN2O. The maximum absolute atomic E-state index is 5.81. The predicted octanol–water partition coefficient (Wildman–Crippen LogP) is 2.93. The number of nitrogens with zero attached hydrogens (tertiary/aromatic N) is 2. The van der Waals surface area contributed by atoms with Gasteiger partial charge in [0.15, 0.2) is 11.6 Å². The predicted molar refractivity (Wildman–Crippen MR) is 68.6 cm³/mol. The second-order valence-electron chi connectivity index (χ2n) is 3.73. The number of hydrogen-bond acceptors (Lipinski definition) is 3. The molecule has 0 unspecified atom stereocenters. The van der Waals surface area contributed by atoms with Crippen molar-refractivity contribution < 1.29 is 4.74 Å². The van der Waals surface area contributed by atoms with Crippen LogP contribution in [0.2, 0.25) is 0 Å². The molecule has 0 N–H and O–H groups in total. The van der Waals surface area contributed by atoms with E-state index < -0.39 is 0 Å². The minimum atomic E-state index is 0.354. The zero-order chi connectivity index (χ0) is 12.0. The quantitative estimate of drug-likeness (QED) is 0.718. The van der Waals surface area contributed by atoms with Crippen LogP contribution in [0, 0.1) is 0 Å². The fourth-order valence-electron chi connectivity index (χ4n) is 1.57. The lowest BCUT2D eigenvalue weighted by molar-refractivity contribution is 0.338. The minimum absolute atomic E-state index is 0.354. The number of alkyl halides is 1. The van der Waals surface area contributed by atoms with Crippen LogP contribution in [0.15, 0.2) is 18.3 Å². The van der Waals surface area contributed by atoms with Crippen molar-refractivity contribution in [1.29, 1.82) is 0 Å². The average Bonchev–Trinajstić information content (AvgIpc) is 2.27. The molecule has 0 fully saturated rings. The van der Waals surface area contributed by atoms with Gasteiger partial charge in [-0.2, -0.15) is 0 Å². The van der Waals surface area contributed by atoms with Gasteiger partial charge in [0.1, 0.15) is 0 Å². The topological polar surface area (TPSA) is 25.4 Å². The molecule has 0 bridgehead atoms. The standard InChI is InChI=1S/C12H19ClN2O/c1-4-16-11-6-5-8-14-12(11)15(9-7-13)10(2)3/h5-6,8,10H,4,7,9H2,1-3H3. The minimum Gasteiger partial charge on any atom is -0.490 e. The largest absolute Gasteiger partial charge is 0.490 e. The molecule has 0 aliphatic rings. The summed E-state index contributed by atoms with van der Waals surface area (Å²) in [6.45, 7) is 7.63. The molecule has 0 saturated carbocycles. The number of aromatic nitrogens is 1. The Hall–Kier alpha value is -0.960. The van der Waals surface area contributed by atoms with E-state index in [1.807, 2.05) is 19.1 Å². The van der Waals surface area contributed by atoms with Crippen LogP contribution in [-0.4, -0.2) is 30.1 Å². The fourth-order valence-corrected chi connectivity index (χ4v) is 1.75. The Bertz CT molecular complexity index is 318. The smallest absolute Gasteiger partial charge is 0.171 e. The van der Waals surface area contributed by atoms with E-state index in [1.165, 1.54) is 0 Å². The summed E-state index contributed by atoms with van der Waals surface area (Å²) in [4.78, 5) is 6.53. The number of ether oxygens (including phenoxy) is 1. The van der Waals surface area contributed by atoms with Gasteiger partial charge < -0.3 is 9.64 Å². The van der Waals surface area contributed by atoms with Crippen LogP contribution in [0.25, 0.3) is 0 Å². The van der Waals surface area contributed by atoms with E-state index in [9.17, 15) is 0 Å². The van der Waals surface area contributed by atoms with E-state index in [-0.39, 0.29) is 0 Å². The van der Waals surface area contributed by atoms with E-state index in [2.05, 4.69) is 23.7 Å². The third kappa shape index (κ3) is 3.27. The van der Waals surface area contributed by atoms with Crippen LogP contribution >= 0.6 is 11.6 Å². The molecule has 0 aliphatic heterocycles. The molecule has 4 heteroatoms. The molecule has 3 nitrogen and oxygen atoms in total. The molecule has 90 valence electrons. The summed E-state index contributed by atoms with van der Waals surface area (Å²) in [6.07, 6.45) is 1.78. The molecule has 0 atom stereocenters. The van der Waals surface area contributed by atoms with Crippen molar-refractivity contribution in [3.8, 4) is 5.75 Å². The molecule has 0 aliphatic carbocycles. The third-order valence-corrected chi connectivity index (χ3v) is 2.44. The SMILES string of the molecule is CCOc1cccnc1N(CCCl)C(C)C. The number of anilines is 1. The molecule has 16 heavy (non-hydrogen) atoms. The average molecular weight is 243 g/mol. The van der Waals surface area contributed by atoms with Gasteiger partial charge in [-0.15, -0.1) is 11.6 Å². The second kappa shape index (κ2) is 6.59. The van der Waals surface area contributed by atoms with E-state index in [1.54, 1.807) is 6.20 Å². The number of rotatable bonds is 6. The monoisotopic (exact) mass is 242 g/mol. The van der Waals surface area contributed by atoms with Crippen molar-refractivity contribution in [2.75, 3.05) is 23.9 Å². The summed E-state index contributed by atoms with van der Waals surface area (Å²) in [5.41, 5.74) is 0. The molecule has 0 aromatic carbocycles. The lowest BCUT2D eigenvalue weighted by Crippen LogP contribution is -2.33. The van der Waals surface area contributed by atoms with Crippen LogP contribution in [0.4, 0.5) is 5.82 Å². The van der Waals surface area contributed by atoms with Gasteiger partial charge in [0.25, 0.3) is 0 Å². The number of hydrogen-bond donors (Lipinski definition) is 0. The number of halogens is 1. The lowest BCUT2D eigenvalue weighted by Gasteiger charge is -2.28. The summed E-state index contributed by atoms with van der Waals surface area (Å²) < 4.78 is 5.57. The first-order valence-corrected chi connectivity index (χ1v) is 6.14. The first-order chi connectivity index (χ1) is 7.70. The normalized spacial score (nSPS) is 10.6. The first-order valence-electron chi connectivity index (χ1n) is 5.61. The molecule has 0 saturated heterocycles. The summed E-state index contributed by atoms with van der Waals surface area (Å²) in [5.74, 6) is 2.28. The summed E-state index contributed by atoms with van der Waals surface area (Å²) >= 11 is 5.81. The van der Waals surface area contributed by atoms with Crippen molar-refractivity contribution in [2.24, 2.45) is 0 Å². The Morgan fingerprint density at radius 1 is 1.50 bits per heavy atom. The Morgan fingerprint density at radius 3 is 2.81 bits per heavy atom. The van der Waals surface area contributed by atoms with E-state index in [4.69, 9.17) is 16.3 Å². The van der Waals surface area contributed by atoms with Gasteiger partial charge in [0.05, 0.1) is 6.61 Å². The summed E-state index contributed by atoms with van der Waals surface area (Å²) in [5, 5.41) is 0. The molecule has 0 radical (unpaired) electrons. The third-order valence-electron chi connectivity index (χ3n) is 2.27. The number of pyridine rings is 1. The highest BCUT2D eigenvalue weighted by Gasteiger charge is 2.15. The molecule has 1 aromatic rings. The van der Waals surface area contributed by atoms with Gasteiger partial charge in [0, 0.05) is 24.7 Å². The molecule has 0 amide bonds. The van der Waals surface area contributed by atoms with E-state index in [0.29, 0.717) is 18.5 Å². The molecule has 1 rings (SSSR count).